The molecule has 0 saturated heterocycles. The summed E-state index contributed by atoms with van der Waals surface area (Å²) in [6, 6.07) is 8.47. The van der Waals surface area contributed by atoms with Gasteiger partial charge in [0.2, 0.25) is 0 Å². The molecule has 0 aliphatic heterocycles. The summed E-state index contributed by atoms with van der Waals surface area (Å²) in [5.74, 6) is 1.21. The van der Waals surface area contributed by atoms with E-state index in [-0.39, 0.29) is 5.69 Å². The Kier molecular flexibility index (Phi) is 4.50. The first-order valence-electron chi connectivity index (χ1n) is 6.12. The molecule has 0 bridgehead atoms. The van der Waals surface area contributed by atoms with Gasteiger partial charge >= 0.3 is 0 Å². The average molecular weight is 300 g/mol. The van der Waals surface area contributed by atoms with Crippen LogP contribution >= 0.6 is 11.8 Å². The summed E-state index contributed by atoms with van der Waals surface area (Å²) < 4.78 is 0. The quantitative estimate of drug-likeness (QED) is 0.372. The minimum absolute atomic E-state index is 0.0650. The van der Waals surface area contributed by atoms with Crippen molar-refractivity contribution in [3.63, 3.8) is 0 Å². The number of thioether (sulfide) groups is 1. The van der Waals surface area contributed by atoms with Gasteiger partial charge in [0, 0.05) is 17.9 Å². The third-order valence-corrected chi connectivity index (χ3v) is 3.85. The van der Waals surface area contributed by atoms with Crippen LogP contribution in [0.15, 0.2) is 29.3 Å². The third-order valence-electron chi connectivity index (χ3n) is 2.80. The van der Waals surface area contributed by atoms with Crippen molar-refractivity contribution >= 4 is 17.4 Å². The molecule has 0 N–H and O–H groups in total. The lowest BCUT2D eigenvalue weighted by molar-refractivity contribution is -0.384. The van der Waals surface area contributed by atoms with Gasteiger partial charge in [0.25, 0.3) is 5.69 Å². The van der Waals surface area contributed by atoms with Gasteiger partial charge in [-0.2, -0.15) is 5.26 Å². The van der Waals surface area contributed by atoms with Gasteiger partial charge < -0.3 is 0 Å². The summed E-state index contributed by atoms with van der Waals surface area (Å²) in [4.78, 5) is 18.6. The molecule has 0 aliphatic carbocycles. The van der Waals surface area contributed by atoms with E-state index >= 15 is 0 Å². The zero-order valence-corrected chi connectivity index (χ0v) is 12.3. The van der Waals surface area contributed by atoms with E-state index in [1.54, 1.807) is 26.0 Å². The number of non-ortho nitro benzene ring substituents is 1. The summed E-state index contributed by atoms with van der Waals surface area (Å²) >= 11 is 1.42. The van der Waals surface area contributed by atoms with Crippen LogP contribution in [0.1, 0.15) is 22.6 Å². The fraction of sp³-hybridized carbons (Fsp3) is 0.214. The Balaban J connectivity index is 2.17. The molecule has 7 heteroatoms. The maximum absolute atomic E-state index is 10.6. The zero-order chi connectivity index (χ0) is 15.4. The largest absolute Gasteiger partial charge is 0.269 e. The fourth-order valence-corrected chi connectivity index (χ4v) is 2.81. The van der Waals surface area contributed by atoms with Crippen molar-refractivity contribution in [2.75, 3.05) is 0 Å². The number of hydrogen-bond acceptors (Lipinski definition) is 6. The first kappa shape index (κ1) is 14.9. The lowest BCUT2D eigenvalue weighted by Gasteiger charge is -2.06. The highest BCUT2D eigenvalue weighted by Gasteiger charge is 2.11. The van der Waals surface area contributed by atoms with E-state index in [4.69, 9.17) is 5.26 Å². The predicted molar refractivity (Wildman–Crippen MR) is 78.9 cm³/mol. The molecule has 0 unspecified atom stereocenters. The minimum Gasteiger partial charge on any atom is -0.258 e. The van der Waals surface area contributed by atoms with E-state index in [2.05, 4.69) is 16.0 Å². The van der Waals surface area contributed by atoms with Crippen LogP contribution < -0.4 is 0 Å². The van der Waals surface area contributed by atoms with Gasteiger partial charge in [0.15, 0.2) is 0 Å². The maximum atomic E-state index is 10.6. The molecule has 0 aliphatic rings. The van der Waals surface area contributed by atoms with E-state index in [1.165, 1.54) is 23.9 Å². The van der Waals surface area contributed by atoms with Crippen molar-refractivity contribution in [1.29, 1.82) is 5.26 Å². The highest BCUT2D eigenvalue weighted by atomic mass is 32.2. The number of nitro benzene ring substituents is 1. The molecule has 1 aromatic carbocycles. The molecular weight excluding hydrogens is 288 g/mol. The van der Waals surface area contributed by atoms with Crippen LogP contribution in [0.3, 0.4) is 0 Å². The van der Waals surface area contributed by atoms with Crippen molar-refractivity contribution in [2.45, 2.75) is 24.6 Å². The lowest BCUT2D eigenvalue weighted by Crippen LogP contribution is -1.99. The van der Waals surface area contributed by atoms with Crippen molar-refractivity contribution in [3.05, 3.63) is 57.0 Å². The second-order valence-corrected chi connectivity index (χ2v) is 5.32. The SMILES string of the molecule is Cc1nc(C)c(C#N)c(SCc2ccc([N+](=O)[O-])cc2)n1. The van der Waals surface area contributed by atoms with Gasteiger partial charge in [-0.3, -0.25) is 10.1 Å². The predicted octanol–water partition coefficient (Wildman–Crippen LogP) is 3.17. The molecular formula is C14H12N4O2S. The fourth-order valence-electron chi connectivity index (χ4n) is 1.78. The van der Waals surface area contributed by atoms with Crippen molar-refractivity contribution in [1.82, 2.24) is 9.97 Å². The molecule has 2 aromatic rings. The van der Waals surface area contributed by atoms with Crippen LogP contribution in [0, 0.1) is 35.3 Å². The molecule has 6 nitrogen and oxygen atoms in total. The highest BCUT2D eigenvalue weighted by molar-refractivity contribution is 7.98. The molecule has 2 rings (SSSR count). The zero-order valence-electron chi connectivity index (χ0n) is 11.5. The summed E-state index contributed by atoms with van der Waals surface area (Å²) in [6.45, 7) is 3.56. The molecule has 21 heavy (non-hydrogen) atoms. The molecule has 0 amide bonds. The lowest BCUT2D eigenvalue weighted by atomic mass is 10.2. The number of nitro groups is 1. The molecule has 0 radical (unpaired) electrons. The Hall–Kier alpha value is -2.46. The Morgan fingerprint density at radius 2 is 1.95 bits per heavy atom. The number of aryl methyl sites for hydroxylation is 2. The summed E-state index contributed by atoms with van der Waals surface area (Å²) in [5.41, 5.74) is 2.14. The second kappa shape index (κ2) is 6.33. The number of aromatic nitrogens is 2. The van der Waals surface area contributed by atoms with Gasteiger partial charge in [-0.25, -0.2) is 9.97 Å². The van der Waals surface area contributed by atoms with E-state index in [0.29, 0.717) is 27.9 Å². The maximum Gasteiger partial charge on any atom is 0.269 e. The summed E-state index contributed by atoms with van der Waals surface area (Å²) in [5, 5.41) is 20.4. The molecule has 0 spiro atoms. The van der Waals surface area contributed by atoms with Crippen LogP contribution in [-0.2, 0) is 5.75 Å². The van der Waals surface area contributed by atoms with Crippen molar-refractivity contribution in [2.24, 2.45) is 0 Å². The van der Waals surface area contributed by atoms with Crippen LogP contribution in [0.4, 0.5) is 5.69 Å². The van der Waals surface area contributed by atoms with Crippen molar-refractivity contribution in [3.8, 4) is 6.07 Å². The van der Waals surface area contributed by atoms with Gasteiger partial charge in [-0.15, -0.1) is 11.8 Å². The number of benzene rings is 1. The first-order valence-corrected chi connectivity index (χ1v) is 7.11. The summed E-state index contributed by atoms with van der Waals surface area (Å²) in [6.07, 6.45) is 0. The van der Waals surface area contributed by atoms with E-state index in [0.717, 1.165) is 5.56 Å². The van der Waals surface area contributed by atoms with Crippen LogP contribution in [0.2, 0.25) is 0 Å². The monoisotopic (exact) mass is 300 g/mol. The normalized spacial score (nSPS) is 10.1. The van der Waals surface area contributed by atoms with E-state index < -0.39 is 4.92 Å². The molecule has 1 heterocycles. The number of hydrogen-bond donors (Lipinski definition) is 0. The second-order valence-electron chi connectivity index (χ2n) is 4.36. The van der Waals surface area contributed by atoms with Gasteiger partial charge in [-0.1, -0.05) is 12.1 Å². The summed E-state index contributed by atoms with van der Waals surface area (Å²) in [7, 11) is 0. The Morgan fingerprint density at radius 1 is 1.29 bits per heavy atom. The van der Waals surface area contributed by atoms with Crippen molar-refractivity contribution < 1.29 is 4.92 Å². The first-order chi connectivity index (χ1) is 10.0. The Labute approximate surface area is 126 Å². The van der Waals surface area contributed by atoms with E-state index in [9.17, 15) is 10.1 Å². The standard InChI is InChI=1S/C14H12N4O2S/c1-9-13(7-15)14(17-10(2)16-9)21-8-11-3-5-12(6-4-11)18(19)20/h3-6H,8H2,1-2H3. The minimum atomic E-state index is -0.429. The van der Waals surface area contributed by atoms with Crippen LogP contribution in [-0.4, -0.2) is 14.9 Å². The van der Waals surface area contributed by atoms with Crippen LogP contribution in [0.5, 0.6) is 0 Å². The number of nitrogens with zero attached hydrogens (tertiary/aromatic N) is 4. The third kappa shape index (κ3) is 3.55. The molecule has 106 valence electrons. The highest BCUT2D eigenvalue weighted by Crippen LogP contribution is 2.26. The topological polar surface area (TPSA) is 92.7 Å². The van der Waals surface area contributed by atoms with Crippen LogP contribution in [0.25, 0.3) is 0 Å². The van der Waals surface area contributed by atoms with Gasteiger partial charge in [-0.05, 0) is 19.4 Å². The smallest absolute Gasteiger partial charge is 0.258 e. The molecule has 0 atom stereocenters. The number of rotatable bonds is 4. The van der Waals surface area contributed by atoms with E-state index in [1.807, 2.05) is 0 Å². The molecule has 0 saturated carbocycles. The molecule has 0 fully saturated rings. The molecule has 1 aromatic heterocycles. The Bertz CT molecular complexity index is 723. The van der Waals surface area contributed by atoms with Gasteiger partial charge in [0.1, 0.15) is 22.5 Å². The Morgan fingerprint density at radius 3 is 2.52 bits per heavy atom. The average Bonchev–Trinajstić information content (AvgIpc) is 2.45. The van der Waals surface area contributed by atoms with Gasteiger partial charge in [0.05, 0.1) is 10.6 Å². The number of nitriles is 1.